The smallest absolute Gasteiger partial charge is 0.414 e. The van der Waals surface area contributed by atoms with Crippen molar-refractivity contribution in [1.82, 2.24) is 10.6 Å². The first kappa shape index (κ1) is 22.3. The molecule has 0 heterocycles. The first-order chi connectivity index (χ1) is 11.9. The Balaban J connectivity index is 0.000000823. The number of hydrogen-bond donors (Lipinski definition) is 6. The van der Waals surface area contributed by atoms with Crippen molar-refractivity contribution in [2.75, 3.05) is 32.8 Å². The van der Waals surface area contributed by atoms with Crippen LogP contribution in [0.5, 0.6) is 5.75 Å². The molecule has 0 radical (unpaired) electrons. The molecule has 0 aromatic heterocycles. The molecule has 0 fully saturated rings. The zero-order valence-corrected chi connectivity index (χ0v) is 13.4. The van der Waals surface area contributed by atoms with Gasteiger partial charge in [0.15, 0.2) is 0 Å². The monoisotopic (exact) mass is 358 g/mol. The summed E-state index contributed by atoms with van der Waals surface area (Å²) in [5, 5.41) is 38.4. The molecule has 1 rings (SSSR count). The lowest BCUT2D eigenvalue weighted by molar-refractivity contribution is -0.159. The van der Waals surface area contributed by atoms with Crippen LogP contribution in [0.25, 0.3) is 0 Å². The number of aliphatic hydroxyl groups excluding tert-OH is 2. The molecule has 25 heavy (non-hydrogen) atoms. The Labute approximate surface area is 144 Å². The van der Waals surface area contributed by atoms with Gasteiger partial charge >= 0.3 is 11.9 Å². The van der Waals surface area contributed by atoms with Gasteiger partial charge in [-0.25, -0.2) is 9.59 Å². The number of carboxylic acids is 2. The maximum atomic E-state index is 10.7. The Hall–Kier alpha value is -2.69. The third-order valence-electron chi connectivity index (χ3n) is 2.52. The molecule has 6 N–H and O–H groups in total. The van der Waals surface area contributed by atoms with E-state index < -0.39 is 30.6 Å². The Morgan fingerprint density at radius 1 is 1.04 bits per heavy atom. The number of hydrogen-bond acceptors (Lipinski definition) is 7. The Morgan fingerprint density at radius 3 is 2.16 bits per heavy atom. The number of benzene rings is 1. The molecule has 0 aliphatic carbocycles. The molecule has 1 aromatic carbocycles. The topological polar surface area (TPSA) is 165 Å². The average molecular weight is 358 g/mol. The van der Waals surface area contributed by atoms with E-state index in [0.29, 0.717) is 19.6 Å². The van der Waals surface area contributed by atoms with Gasteiger partial charge < -0.3 is 35.8 Å². The third-order valence-corrected chi connectivity index (χ3v) is 2.52. The van der Waals surface area contributed by atoms with E-state index in [1.54, 1.807) is 0 Å². The predicted octanol–water partition coefficient (Wildman–Crippen LogP) is -1.72. The zero-order valence-electron chi connectivity index (χ0n) is 13.4. The summed E-state index contributed by atoms with van der Waals surface area (Å²) in [4.78, 5) is 28.9. The fourth-order valence-electron chi connectivity index (χ4n) is 1.38. The Bertz CT molecular complexity index is 512. The highest BCUT2D eigenvalue weighted by atomic mass is 16.5. The molecule has 1 atom stereocenters. The van der Waals surface area contributed by atoms with Crippen LogP contribution in [0.1, 0.15) is 0 Å². The van der Waals surface area contributed by atoms with Gasteiger partial charge in [0, 0.05) is 19.6 Å². The fraction of sp³-hybridized carbons (Fsp3) is 0.400. The van der Waals surface area contributed by atoms with Crippen molar-refractivity contribution in [3.05, 3.63) is 30.3 Å². The Morgan fingerprint density at radius 2 is 1.64 bits per heavy atom. The molecular formula is C15H22N2O8. The summed E-state index contributed by atoms with van der Waals surface area (Å²) in [6.45, 7) is 1.01. The standard InChI is InChI=1S/C13H20N2O4.C2H2O4/c16-9-13(18)15-7-6-14-8-11(17)10-19-12-4-2-1-3-5-12;3-1(4)2(5)6/h1-5,11,14,16-17H,6-10H2,(H,15,18);(H,3,4)(H,5,6). The Kier molecular flexibility index (Phi) is 12.2. The van der Waals surface area contributed by atoms with Crippen LogP contribution in [0, 0.1) is 0 Å². The lowest BCUT2D eigenvalue weighted by Crippen LogP contribution is -2.37. The summed E-state index contributed by atoms with van der Waals surface area (Å²) in [6, 6.07) is 9.27. The van der Waals surface area contributed by atoms with Crippen LogP contribution in [-0.4, -0.2) is 77.2 Å². The first-order valence-corrected chi connectivity index (χ1v) is 7.27. The van der Waals surface area contributed by atoms with E-state index in [9.17, 15) is 9.90 Å². The number of aliphatic hydroxyl groups is 2. The maximum absolute atomic E-state index is 10.7. The molecule has 0 saturated heterocycles. The van der Waals surface area contributed by atoms with Gasteiger partial charge in [-0.15, -0.1) is 0 Å². The van der Waals surface area contributed by atoms with E-state index in [1.807, 2.05) is 30.3 Å². The molecule has 1 aromatic rings. The highest BCUT2D eigenvalue weighted by molar-refractivity contribution is 6.27. The minimum atomic E-state index is -1.82. The molecule has 0 saturated carbocycles. The van der Waals surface area contributed by atoms with Crippen molar-refractivity contribution < 1.29 is 39.5 Å². The minimum absolute atomic E-state index is 0.208. The normalized spacial score (nSPS) is 10.8. The molecule has 1 unspecified atom stereocenters. The third kappa shape index (κ3) is 13.4. The minimum Gasteiger partial charge on any atom is -0.491 e. The van der Waals surface area contributed by atoms with Gasteiger partial charge in [-0.1, -0.05) is 18.2 Å². The van der Waals surface area contributed by atoms with E-state index in [1.165, 1.54) is 0 Å². The average Bonchev–Trinajstić information content (AvgIpc) is 2.60. The van der Waals surface area contributed by atoms with Crippen molar-refractivity contribution in [1.29, 1.82) is 0 Å². The zero-order chi connectivity index (χ0) is 19.1. The number of para-hydroxylation sites is 1. The van der Waals surface area contributed by atoms with Gasteiger partial charge in [-0.05, 0) is 12.1 Å². The van der Waals surface area contributed by atoms with Crippen LogP contribution < -0.4 is 15.4 Å². The molecule has 10 heteroatoms. The van der Waals surface area contributed by atoms with Crippen molar-refractivity contribution in [2.45, 2.75) is 6.10 Å². The van der Waals surface area contributed by atoms with Gasteiger partial charge in [-0.3, -0.25) is 4.79 Å². The van der Waals surface area contributed by atoms with Gasteiger partial charge in [0.25, 0.3) is 0 Å². The van der Waals surface area contributed by atoms with E-state index in [-0.39, 0.29) is 6.61 Å². The van der Waals surface area contributed by atoms with Crippen molar-refractivity contribution in [3.63, 3.8) is 0 Å². The molecule has 140 valence electrons. The number of aliphatic carboxylic acids is 2. The molecule has 0 aliphatic rings. The van der Waals surface area contributed by atoms with Gasteiger partial charge in [-0.2, -0.15) is 0 Å². The summed E-state index contributed by atoms with van der Waals surface area (Å²) >= 11 is 0. The van der Waals surface area contributed by atoms with Crippen LogP contribution in [0.15, 0.2) is 30.3 Å². The lowest BCUT2D eigenvalue weighted by Gasteiger charge is -2.13. The highest BCUT2D eigenvalue weighted by Gasteiger charge is 2.05. The summed E-state index contributed by atoms with van der Waals surface area (Å²) in [5.74, 6) is -3.34. The molecule has 0 spiro atoms. The van der Waals surface area contributed by atoms with Crippen molar-refractivity contribution in [3.8, 4) is 5.75 Å². The first-order valence-electron chi connectivity index (χ1n) is 7.27. The van der Waals surface area contributed by atoms with Crippen LogP contribution >= 0.6 is 0 Å². The highest BCUT2D eigenvalue weighted by Crippen LogP contribution is 2.08. The number of amides is 1. The van der Waals surface area contributed by atoms with E-state index in [2.05, 4.69) is 10.6 Å². The maximum Gasteiger partial charge on any atom is 0.414 e. The second-order valence-corrected chi connectivity index (χ2v) is 4.60. The number of nitrogens with one attached hydrogen (secondary N) is 2. The molecule has 1 amide bonds. The molecule has 10 nitrogen and oxygen atoms in total. The number of carboxylic acid groups (broad SMARTS) is 2. The van der Waals surface area contributed by atoms with Crippen molar-refractivity contribution in [2.24, 2.45) is 0 Å². The fourth-order valence-corrected chi connectivity index (χ4v) is 1.38. The second kappa shape index (κ2) is 13.7. The largest absolute Gasteiger partial charge is 0.491 e. The van der Waals surface area contributed by atoms with Gasteiger partial charge in [0.1, 0.15) is 25.1 Å². The molecular weight excluding hydrogens is 336 g/mol. The molecule has 0 bridgehead atoms. The predicted molar refractivity (Wildman–Crippen MR) is 86.2 cm³/mol. The van der Waals surface area contributed by atoms with E-state index >= 15 is 0 Å². The molecule has 0 aliphatic heterocycles. The number of rotatable bonds is 9. The van der Waals surface area contributed by atoms with Crippen molar-refractivity contribution >= 4 is 17.8 Å². The van der Waals surface area contributed by atoms with E-state index in [0.717, 1.165) is 5.75 Å². The van der Waals surface area contributed by atoms with E-state index in [4.69, 9.17) is 29.6 Å². The van der Waals surface area contributed by atoms with Crippen LogP contribution in [0.2, 0.25) is 0 Å². The van der Waals surface area contributed by atoms with Crippen LogP contribution in [-0.2, 0) is 14.4 Å². The quantitative estimate of drug-likeness (QED) is 0.222. The van der Waals surface area contributed by atoms with Gasteiger partial charge in [0.05, 0.1) is 0 Å². The summed E-state index contributed by atoms with van der Waals surface area (Å²) < 4.78 is 5.39. The number of ether oxygens (including phenoxy) is 1. The summed E-state index contributed by atoms with van der Waals surface area (Å²) in [6.07, 6.45) is -0.617. The van der Waals surface area contributed by atoms with Crippen LogP contribution in [0.3, 0.4) is 0 Å². The second-order valence-electron chi connectivity index (χ2n) is 4.60. The summed E-state index contributed by atoms with van der Waals surface area (Å²) in [5.41, 5.74) is 0. The number of carbonyl (C=O) groups excluding carboxylic acids is 1. The number of carbonyl (C=O) groups is 3. The van der Waals surface area contributed by atoms with Gasteiger partial charge in [0.2, 0.25) is 5.91 Å². The van der Waals surface area contributed by atoms with Crippen LogP contribution in [0.4, 0.5) is 0 Å². The SMILES string of the molecule is O=C(CO)NCCNCC(O)COc1ccccc1.O=C(O)C(=O)O. The lowest BCUT2D eigenvalue weighted by atomic mass is 10.3. The summed E-state index contributed by atoms with van der Waals surface area (Å²) in [7, 11) is 0.